The zero-order chi connectivity index (χ0) is 22.2. The molecule has 32 heavy (non-hydrogen) atoms. The summed E-state index contributed by atoms with van der Waals surface area (Å²) < 4.78 is 3.55. The van der Waals surface area contributed by atoms with Crippen molar-refractivity contribution in [1.29, 1.82) is 0 Å². The molecular weight excluding hydrogens is 428 g/mol. The summed E-state index contributed by atoms with van der Waals surface area (Å²) in [5.74, 6) is 0. The molecule has 4 heterocycles. The van der Waals surface area contributed by atoms with E-state index in [0.29, 0.717) is 17.6 Å². The fourth-order valence-electron chi connectivity index (χ4n) is 5.00. The Balaban J connectivity index is 1.19. The van der Waals surface area contributed by atoms with Crippen molar-refractivity contribution in [3.8, 4) is 0 Å². The van der Waals surface area contributed by atoms with Gasteiger partial charge in [0.2, 0.25) is 0 Å². The lowest BCUT2D eigenvalue weighted by Gasteiger charge is -2.34. The van der Waals surface area contributed by atoms with Crippen molar-refractivity contribution in [3.63, 3.8) is 0 Å². The van der Waals surface area contributed by atoms with E-state index < -0.39 is 0 Å². The van der Waals surface area contributed by atoms with Crippen LogP contribution in [0.1, 0.15) is 30.0 Å². The van der Waals surface area contributed by atoms with Gasteiger partial charge in [-0.3, -0.25) is 18.7 Å². The number of aromatic nitrogens is 2. The van der Waals surface area contributed by atoms with Crippen LogP contribution in [0.15, 0.2) is 52.1 Å². The number of nitrogens with one attached hydrogen (secondary N) is 1. The van der Waals surface area contributed by atoms with Crippen LogP contribution < -0.4 is 16.4 Å². The van der Waals surface area contributed by atoms with E-state index >= 15 is 0 Å². The van der Waals surface area contributed by atoms with Gasteiger partial charge in [-0.15, -0.1) is 0 Å². The second kappa shape index (κ2) is 8.83. The number of rotatable bonds is 6. The van der Waals surface area contributed by atoms with Crippen molar-refractivity contribution in [2.75, 3.05) is 19.6 Å². The van der Waals surface area contributed by atoms with Gasteiger partial charge in [0.25, 0.3) is 11.1 Å². The highest BCUT2D eigenvalue weighted by atomic mass is 35.5. The van der Waals surface area contributed by atoms with E-state index in [1.54, 1.807) is 33.4 Å². The van der Waals surface area contributed by atoms with Crippen LogP contribution >= 0.6 is 11.6 Å². The summed E-state index contributed by atoms with van der Waals surface area (Å²) in [6.45, 7) is 3.92. The predicted octanol–water partition coefficient (Wildman–Crippen LogP) is 2.12. The van der Waals surface area contributed by atoms with Crippen molar-refractivity contribution in [2.24, 2.45) is 0 Å². The van der Waals surface area contributed by atoms with Crippen LogP contribution in [0, 0.1) is 0 Å². The quantitative estimate of drug-likeness (QED) is 0.596. The molecule has 168 valence electrons. The third-order valence-corrected chi connectivity index (χ3v) is 7.11. The number of piperidine rings is 1. The summed E-state index contributed by atoms with van der Waals surface area (Å²) in [5, 5.41) is 14.4. The first-order valence-corrected chi connectivity index (χ1v) is 11.5. The van der Waals surface area contributed by atoms with Crippen LogP contribution in [0.4, 0.5) is 0 Å². The van der Waals surface area contributed by atoms with Gasteiger partial charge in [0.1, 0.15) is 5.65 Å². The Bertz CT molecular complexity index is 1260. The highest BCUT2D eigenvalue weighted by Crippen LogP contribution is 2.25. The van der Waals surface area contributed by atoms with Gasteiger partial charge < -0.3 is 15.3 Å². The van der Waals surface area contributed by atoms with Crippen molar-refractivity contribution in [1.82, 2.24) is 19.4 Å². The molecule has 0 spiro atoms. The minimum atomic E-state index is -0.0493. The molecular formula is C24H27ClN4O3. The molecule has 0 bridgehead atoms. The van der Waals surface area contributed by atoms with Gasteiger partial charge in [0.05, 0.1) is 12.6 Å². The van der Waals surface area contributed by atoms with Crippen LogP contribution in [0.3, 0.4) is 0 Å². The molecule has 2 aromatic heterocycles. The third kappa shape index (κ3) is 4.01. The van der Waals surface area contributed by atoms with Crippen molar-refractivity contribution >= 4 is 22.6 Å². The maximum atomic E-state index is 12.6. The lowest BCUT2D eigenvalue weighted by Crippen LogP contribution is -2.44. The Labute approximate surface area is 190 Å². The maximum Gasteiger partial charge on any atom is 0.252 e. The standard InChI is InChI=1S/C24H27ClN4O3/c25-21-11-16(1-2-18(21)15-30)12-26-19-7-9-27(10-8-19)13-20-14-28-22(31)5-3-17-4-6-23(32)29(20)24(17)28/h1-6,11,19-20,26,30H,7-10,12-15H2/t20-/m1/s1. The average Bonchev–Trinajstić information content (AvgIpc) is 3.19. The van der Waals surface area contributed by atoms with Crippen LogP contribution in [-0.4, -0.2) is 44.8 Å². The SMILES string of the molecule is O=c1ccc2ccc(=O)n3c2n1C[C@H]3CN1CCC(NCc2ccc(CO)c(Cl)c2)CC1. The molecule has 2 aliphatic heterocycles. The first-order valence-electron chi connectivity index (χ1n) is 11.1. The average molecular weight is 455 g/mol. The van der Waals surface area contributed by atoms with E-state index in [0.717, 1.165) is 61.2 Å². The summed E-state index contributed by atoms with van der Waals surface area (Å²) in [7, 11) is 0. The molecule has 2 aliphatic rings. The third-order valence-electron chi connectivity index (χ3n) is 6.75. The molecule has 8 heteroatoms. The van der Waals surface area contributed by atoms with Gasteiger partial charge in [-0.05, 0) is 55.3 Å². The molecule has 1 saturated heterocycles. The molecule has 0 unspecified atom stereocenters. The summed E-state index contributed by atoms with van der Waals surface area (Å²) in [6.07, 6.45) is 2.06. The van der Waals surface area contributed by atoms with Crippen molar-refractivity contribution in [2.45, 2.75) is 44.6 Å². The number of halogens is 1. The summed E-state index contributed by atoms with van der Waals surface area (Å²) >= 11 is 6.19. The molecule has 1 fully saturated rings. The van der Waals surface area contributed by atoms with Crippen LogP contribution in [0.5, 0.6) is 0 Å². The Hall–Kier alpha value is -2.45. The number of hydrogen-bond acceptors (Lipinski definition) is 5. The van der Waals surface area contributed by atoms with Gasteiger partial charge >= 0.3 is 0 Å². The Morgan fingerprint density at radius 1 is 1.03 bits per heavy atom. The molecule has 0 amide bonds. The van der Waals surface area contributed by atoms with E-state index in [4.69, 9.17) is 11.6 Å². The molecule has 0 aliphatic carbocycles. The highest BCUT2D eigenvalue weighted by Gasteiger charge is 2.29. The minimum absolute atomic E-state index is 0.0157. The number of aliphatic hydroxyl groups excluding tert-OH is 1. The predicted molar refractivity (Wildman–Crippen MR) is 125 cm³/mol. The summed E-state index contributed by atoms with van der Waals surface area (Å²) in [4.78, 5) is 27.3. The first-order chi connectivity index (χ1) is 15.5. The van der Waals surface area contributed by atoms with E-state index in [-0.39, 0.29) is 23.8 Å². The molecule has 0 radical (unpaired) electrons. The molecule has 1 aromatic carbocycles. The number of hydrogen-bond donors (Lipinski definition) is 2. The number of pyridine rings is 2. The molecule has 3 aromatic rings. The van der Waals surface area contributed by atoms with Gasteiger partial charge in [0.15, 0.2) is 0 Å². The van der Waals surface area contributed by atoms with Crippen molar-refractivity contribution in [3.05, 3.63) is 79.3 Å². The Morgan fingerprint density at radius 3 is 2.50 bits per heavy atom. The molecule has 0 saturated carbocycles. The van der Waals surface area contributed by atoms with Gasteiger partial charge in [-0.25, -0.2) is 0 Å². The first kappa shape index (κ1) is 21.4. The van der Waals surface area contributed by atoms with E-state index in [2.05, 4.69) is 10.2 Å². The summed E-state index contributed by atoms with van der Waals surface area (Å²) in [6, 6.07) is 13.0. The Morgan fingerprint density at radius 2 is 1.78 bits per heavy atom. The maximum absolute atomic E-state index is 12.6. The fourth-order valence-corrected chi connectivity index (χ4v) is 5.26. The normalized spacial score (nSPS) is 19.1. The number of aliphatic hydroxyl groups is 1. The number of likely N-dealkylation sites (tertiary alicyclic amines) is 1. The van der Waals surface area contributed by atoms with Gasteiger partial charge in [0, 0.05) is 48.2 Å². The second-order valence-electron chi connectivity index (χ2n) is 8.80. The molecule has 2 N–H and O–H groups in total. The monoisotopic (exact) mass is 454 g/mol. The molecule has 5 rings (SSSR count). The molecule has 7 nitrogen and oxygen atoms in total. The van der Waals surface area contributed by atoms with Crippen LogP contribution in [0.2, 0.25) is 5.02 Å². The lowest BCUT2D eigenvalue weighted by molar-refractivity contribution is 0.171. The largest absolute Gasteiger partial charge is 0.392 e. The zero-order valence-electron chi connectivity index (χ0n) is 17.8. The number of benzene rings is 1. The fraction of sp³-hybridized carbons (Fsp3) is 0.417. The second-order valence-corrected chi connectivity index (χ2v) is 9.20. The van der Waals surface area contributed by atoms with Gasteiger partial charge in [-0.1, -0.05) is 23.7 Å². The van der Waals surface area contributed by atoms with E-state index in [9.17, 15) is 14.7 Å². The smallest absolute Gasteiger partial charge is 0.252 e. The lowest BCUT2D eigenvalue weighted by atomic mass is 10.0. The summed E-state index contributed by atoms with van der Waals surface area (Å²) in [5.41, 5.74) is 2.51. The minimum Gasteiger partial charge on any atom is -0.392 e. The van der Waals surface area contributed by atoms with Crippen molar-refractivity contribution < 1.29 is 5.11 Å². The number of nitrogens with zero attached hydrogens (tertiary/aromatic N) is 3. The van der Waals surface area contributed by atoms with Crippen LogP contribution in [-0.2, 0) is 19.7 Å². The van der Waals surface area contributed by atoms with Crippen LogP contribution in [0.25, 0.3) is 11.0 Å². The zero-order valence-corrected chi connectivity index (χ0v) is 18.6. The van der Waals surface area contributed by atoms with Gasteiger partial charge in [-0.2, -0.15) is 0 Å². The molecule has 1 atom stereocenters. The van der Waals surface area contributed by atoms with E-state index in [1.807, 2.05) is 18.2 Å². The Kier molecular flexibility index (Phi) is 5.90. The topological polar surface area (TPSA) is 79.5 Å². The highest BCUT2D eigenvalue weighted by molar-refractivity contribution is 6.31. The van der Waals surface area contributed by atoms with E-state index in [1.165, 1.54) is 0 Å².